The van der Waals surface area contributed by atoms with Crippen LogP contribution in [0.1, 0.15) is 29.9 Å². The molecule has 5 nitrogen and oxygen atoms in total. The van der Waals surface area contributed by atoms with Crippen LogP contribution in [-0.4, -0.2) is 32.0 Å². The second kappa shape index (κ2) is 4.73. The Kier molecular flexibility index (Phi) is 2.82. The van der Waals surface area contributed by atoms with Gasteiger partial charge in [-0.3, -0.25) is 4.57 Å². The van der Waals surface area contributed by atoms with Crippen molar-refractivity contribution >= 4 is 16.9 Å². The van der Waals surface area contributed by atoms with Gasteiger partial charge in [-0.05, 0) is 25.5 Å². The number of para-hydroxylation sites is 1. The van der Waals surface area contributed by atoms with Crippen LogP contribution in [0, 0.1) is 6.92 Å². The highest BCUT2D eigenvalue weighted by molar-refractivity contribution is 5.96. The quantitative estimate of drug-likeness (QED) is 0.788. The Morgan fingerprint density at radius 1 is 1.32 bits per heavy atom. The maximum atomic E-state index is 13.0. The Hall–Kier alpha value is -2.56. The number of aryl methyl sites for hydroxylation is 1. The van der Waals surface area contributed by atoms with Gasteiger partial charge in [-0.15, -0.1) is 0 Å². The van der Waals surface area contributed by atoms with E-state index in [0.717, 1.165) is 29.9 Å². The van der Waals surface area contributed by atoms with Crippen LogP contribution in [0.4, 0.5) is 4.79 Å². The van der Waals surface area contributed by atoms with Crippen molar-refractivity contribution in [3.63, 3.8) is 0 Å². The van der Waals surface area contributed by atoms with Crippen LogP contribution in [0.2, 0.25) is 0 Å². The molecule has 3 heterocycles. The van der Waals surface area contributed by atoms with E-state index in [1.54, 1.807) is 12.5 Å². The van der Waals surface area contributed by atoms with Crippen molar-refractivity contribution in [2.75, 3.05) is 6.54 Å². The lowest BCUT2D eigenvalue weighted by molar-refractivity contribution is 0.173. The molecule has 1 aromatic carbocycles. The number of amides is 1. The average Bonchev–Trinajstić information content (AvgIpc) is 3.16. The maximum Gasteiger partial charge on any atom is 0.329 e. The number of hydrogen-bond donors (Lipinski definition) is 1. The molecule has 0 saturated carbocycles. The van der Waals surface area contributed by atoms with Gasteiger partial charge in [0, 0.05) is 24.0 Å². The Morgan fingerprint density at radius 3 is 2.91 bits per heavy atom. The molecule has 0 saturated heterocycles. The van der Waals surface area contributed by atoms with E-state index < -0.39 is 0 Å². The van der Waals surface area contributed by atoms with Crippen molar-refractivity contribution in [3.8, 4) is 0 Å². The minimum absolute atomic E-state index is 0.00961. The monoisotopic (exact) mass is 294 g/mol. The lowest BCUT2D eigenvalue weighted by Crippen LogP contribution is -2.43. The number of nitrogens with zero attached hydrogens (tertiary/aromatic N) is 3. The molecule has 1 amide bonds. The molecule has 1 unspecified atom stereocenters. The standard InChI is InChI=1S/C17H18N4O/c1-11-13-5-3-4-6-16(13)21-15(11)7-8-20(17(21)22)12(2)14-9-18-10-19-14/h3-6,9-10,12H,7-8H2,1-2H3,(H,18,19). The van der Waals surface area contributed by atoms with Gasteiger partial charge in [-0.1, -0.05) is 18.2 Å². The number of rotatable bonds is 2. The van der Waals surface area contributed by atoms with Gasteiger partial charge in [-0.25, -0.2) is 9.78 Å². The fourth-order valence-corrected chi connectivity index (χ4v) is 3.44. The molecule has 4 rings (SSSR count). The van der Waals surface area contributed by atoms with E-state index in [1.807, 2.05) is 34.6 Å². The molecule has 112 valence electrons. The van der Waals surface area contributed by atoms with Crippen LogP contribution >= 0.6 is 0 Å². The lowest BCUT2D eigenvalue weighted by Gasteiger charge is -2.33. The number of benzene rings is 1. The predicted octanol–water partition coefficient (Wildman–Crippen LogP) is 3.26. The second-order valence-corrected chi connectivity index (χ2v) is 5.83. The topological polar surface area (TPSA) is 53.9 Å². The first kappa shape index (κ1) is 13.1. The van der Waals surface area contributed by atoms with Crippen molar-refractivity contribution < 1.29 is 4.79 Å². The number of imidazole rings is 1. The van der Waals surface area contributed by atoms with Gasteiger partial charge in [0.2, 0.25) is 0 Å². The first-order chi connectivity index (χ1) is 10.7. The molecule has 1 atom stereocenters. The first-order valence-electron chi connectivity index (χ1n) is 7.56. The molecule has 0 aliphatic carbocycles. The third-order valence-corrected chi connectivity index (χ3v) is 4.72. The van der Waals surface area contributed by atoms with Crippen LogP contribution in [0.15, 0.2) is 36.8 Å². The van der Waals surface area contributed by atoms with Crippen molar-refractivity contribution in [1.82, 2.24) is 19.4 Å². The highest BCUT2D eigenvalue weighted by Crippen LogP contribution is 2.31. The van der Waals surface area contributed by atoms with Crippen LogP contribution in [0.5, 0.6) is 0 Å². The third-order valence-electron chi connectivity index (χ3n) is 4.72. The van der Waals surface area contributed by atoms with E-state index in [2.05, 4.69) is 23.0 Å². The van der Waals surface area contributed by atoms with E-state index in [-0.39, 0.29) is 12.1 Å². The van der Waals surface area contributed by atoms with Crippen LogP contribution in [0.25, 0.3) is 10.9 Å². The number of aromatic nitrogens is 3. The molecule has 5 heteroatoms. The fraction of sp³-hybridized carbons (Fsp3) is 0.294. The van der Waals surface area contributed by atoms with Crippen molar-refractivity contribution in [1.29, 1.82) is 0 Å². The zero-order valence-corrected chi connectivity index (χ0v) is 12.7. The number of fused-ring (bicyclic) bond motifs is 3. The summed E-state index contributed by atoms with van der Waals surface area (Å²) in [4.78, 5) is 22.1. The summed E-state index contributed by atoms with van der Waals surface area (Å²) in [6.07, 6.45) is 4.32. The maximum absolute atomic E-state index is 13.0. The number of carbonyl (C=O) groups is 1. The van der Waals surface area contributed by atoms with E-state index in [9.17, 15) is 4.79 Å². The molecular weight excluding hydrogens is 276 g/mol. The van der Waals surface area contributed by atoms with E-state index >= 15 is 0 Å². The summed E-state index contributed by atoms with van der Waals surface area (Å²) in [5.74, 6) is 0. The number of hydrogen-bond acceptors (Lipinski definition) is 2. The Morgan fingerprint density at radius 2 is 2.14 bits per heavy atom. The largest absolute Gasteiger partial charge is 0.347 e. The average molecular weight is 294 g/mol. The highest BCUT2D eigenvalue weighted by Gasteiger charge is 2.31. The van der Waals surface area contributed by atoms with E-state index in [1.165, 1.54) is 10.9 Å². The van der Waals surface area contributed by atoms with Crippen molar-refractivity contribution in [2.45, 2.75) is 26.3 Å². The number of nitrogens with one attached hydrogen (secondary N) is 1. The van der Waals surface area contributed by atoms with Gasteiger partial charge in [-0.2, -0.15) is 0 Å². The zero-order chi connectivity index (χ0) is 15.3. The first-order valence-corrected chi connectivity index (χ1v) is 7.56. The summed E-state index contributed by atoms with van der Waals surface area (Å²) < 4.78 is 1.88. The molecule has 0 spiro atoms. The summed E-state index contributed by atoms with van der Waals surface area (Å²) in [7, 11) is 0. The van der Waals surface area contributed by atoms with Gasteiger partial charge >= 0.3 is 6.03 Å². The van der Waals surface area contributed by atoms with Crippen LogP contribution < -0.4 is 0 Å². The lowest BCUT2D eigenvalue weighted by atomic mass is 10.1. The summed E-state index contributed by atoms with van der Waals surface area (Å²) in [5, 5.41) is 1.17. The minimum Gasteiger partial charge on any atom is -0.347 e. The van der Waals surface area contributed by atoms with Gasteiger partial charge in [0.1, 0.15) is 0 Å². The fourth-order valence-electron chi connectivity index (χ4n) is 3.44. The molecule has 1 N–H and O–H groups in total. The summed E-state index contributed by atoms with van der Waals surface area (Å²) in [6.45, 7) is 4.88. The summed E-state index contributed by atoms with van der Waals surface area (Å²) in [6, 6.07) is 8.16. The Balaban J connectivity index is 1.82. The van der Waals surface area contributed by atoms with Gasteiger partial charge in [0.15, 0.2) is 0 Å². The van der Waals surface area contributed by atoms with Gasteiger partial charge < -0.3 is 9.88 Å². The number of H-pyrrole nitrogens is 1. The summed E-state index contributed by atoms with van der Waals surface area (Å²) in [5.41, 5.74) is 4.32. The molecule has 0 bridgehead atoms. The van der Waals surface area contributed by atoms with E-state index in [4.69, 9.17) is 0 Å². The molecule has 22 heavy (non-hydrogen) atoms. The molecule has 1 aliphatic heterocycles. The Labute approximate surface area is 128 Å². The number of aromatic amines is 1. The minimum atomic E-state index is -0.00961. The zero-order valence-electron chi connectivity index (χ0n) is 12.7. The predicted molar refractivity (Wildman–Crippen MR) is 84.9 cm³/mol. The molecule has 1 aliphatic rings. The van der Waals surface area contributed by atoms with E-state index in [0.29, 0.717) is 0 Å². The number of carbonyl (C=O) groups excluding carboxylic acids is 1. The van der Waals surface area contributed by atoms with Gasteiger partial charge in [0.05, 0.1) is 29.8 Å². The molecule has 0 fully saturated rings. The smallest absolute Gasteiger partial charge is 0.329 e. The molecule has 2 aromatic heterocycles. The van der Waals surface area contributed by atoms with Crippen molar-refractivity contribution in [2.24, 2.45) is 0 Å². The molecule has 3 aromatic rings. The second-order valence-electron chi connectivity index (χ2n) is 5.83. The normalized spacial score (nSPS) is 16.1. The van der Waals surface area contributed by atoms with Gasteiger partial charge in [0.25, 0.3) is 0 Å². The SMILES string of the molecule is Cc1c2n(c3ccccc13)C(=O)N(C(C)c1cnc[nH]1)CC2. The molecular formula is C17H18N4O. The van der Waals surface area contributed by atoms with Crippen LogP contribution in [-0.2, 0) is 6.42 Å². The van der Waals surface area contributed by atoms with Crippen LogP contribution in [0.3, 0.4) is 0 Å². The highest BCUT2D eigenvalue weighted by atomic mass is 16.2. The Bertz CT molecular complexity index is 847. The molecule has 0 radical (unpaired) electrons. The third kappa shape index (κ3) is 1.71. The van der Waals surface area contributed by atoms with Crippen molar-refractivity contribution in [3.05, 3.63) is 53.7 Å². The summed E-state index contributed by atoms with van der Waals surface area (Å²) >= 11 is 0.